The summed E-state index contributed by atoms with van der Waals surface area (Å²) in [6, 6.07) is 4.57. The van der Waals surface area contributed by atoms with Gasteiger partial charge in [0.1, 0.15) is 11.8 Å². The molecule has 6 nitrogen and oxygen atoms in total. The molecule has 7 heteroatoms. The monoisotopic (exact) mass is 270 g/mol. The largest absolute Gasteiger partial charge is 0.508 e. The number of primary amides is 1. The number of nitrogens with two attached hydrogens (primary N) is 1. The summed E-state index contributed by atoms with van der Waals surface area (Å²) in [4.78, 5) is 11.2. The summed E-state index contributed by atoms with van der Waals surface area (Å²) >= 11 is 0. The summed E-state index contributed by atoms with van der Waals surface area (Å²) in [6.07, 6.45) is 1.04. The Morgan fingerprint density at radius 2 is 2.17 bits per heavy atom. The highest BCUT2D eigenvalue weighted by Gasteiger charge is 2.38. The first-order valence-electron chi connectivity index (χ1n) is 5.53. The summed E-state index contributed by atoms with van der Waals surface area (Å²) in [5, 5.41) is 9.32. The quantitative estimate of drug-likeness (QED) is 0.809. The van der Waals surface area contributed by atoms with Gasteiger partial charge in [0.05, 0.1) is 4.90 Å². The van der Waals surface area contributed by atoms with Crippen LogP contribution in [0.2, 0.25) is 0 Å². The van der Waals surface area contributed by atoms with Crippen molar-refractivity contribution < 1.29 is 18.3 Å². The first kappa shape index (κ1) is 12.8. The molecule has 1 aliphatic heterocycles. The van der Waals surface area contributed by atoms with E-state index in [4.69, 9.17) is 5.73 Å². The number of phenolic OH excluding ortho intramolecular Hbond substituents is 1. The van der Waals surface area contributed by atoms with Crippen LogP contribution in [0.25, 0.3) is 0 Å². The molecule has 18 heavy (non-hydrogen) atoms. The van der Waals surface area contributed by atoms with E-state index in [2.05, 4.69) is 0 Å². The average Bonchev–Trinajstić information content (AvgIpc) is 2.78. The minimum absolute atomic E-state index is 0.0318. The predicted molar refractivity (Wildman–Crippen MR) is 64.2 cm³/mol. The van der Waals surface area contributed by atoms with Crippen molar-refractivity contribution in [3.05, 3.63) is 24.3 Å². The standard InChI is InChI=1S/C11H14N2O4S/c12-11(15)10-5-2-6-13(10)18(16,17)9-4-1-3-8(14)7-9/h1,3-4,7,10,14H,2,5-6H2,(H2,12,15). The summed E-state index contributed by atoms with van der Waals surface area (Å²) in [7, 11) is -3.78. The zero-order chi connectivity index (χ0) is 13.3. The van der Waals surface area contributed by atoms with Crippen LogP contribution in [0.4, 0.5) is 0 Å². The molecule has 98 valence electrons. The molecule has 1 aromatic rings. The van der Waals surface area contributed by atoms with Crippen LogP contribution in [0.15, 0.2) is 29.2 Å². The van der Waals surface area contributed by atoms with Crippen molar-refractivity contribution in [2.75, 3.05) is 6.54 Å². The molecule has 0 bridgehead atoms. The Kier molecular flexibility index (Phi) is 3.27. The van der Waals surface area contributed by atoms with Gasteiger partial charge in [-0.25, -0.2) is 8.42 Å². The maximum absolute atomic E-state index is 12.3. The number of aromatic hydroxyl groups is 1. The molecule has 2 rings (SSSR count). The lowest BCUT2D eigenvalue weighted by Crippen LogP contribution is -2.43. The second kappa shape index (κ2) is 4.58. The number of carbonyl (C=O) groups is 1. The second-order valence-electron chi connectivity index (χ2n) is 4.17. The zero-order valence-electron chi connectivity index (χ0n) is 9.61. The van der Waals surface area contributed by atoms with E-state index in [0.29, 0.717) is 12.8 Å². The van der Waals surface area contributed by atoms with E-state index < -0.39 is 22.0 Å². The first-order chi connectivity index (χ1) is 8.43. The van der Waals surface area contributed by atoms with Gasteiger partial charge in [-0.2, -0.15) is 4.31 Å². The molecule has 1 aliphatic rings. The van der Waals surface area contributed by atoms with Gasteiger partial charge in [-0.05, 0) is 31.0 Å². The molecule has 1 aromatic carbocycles. The van der Waals surface area contributed by atoms with E-state index >= 15 is 0 Å². The lowest BCUT2D eigenvalue weighted by atomic mass is 10.2. The molecule has 0 aliphatic carbocycles. The van der Waals surface area contributed by atoms with Gasteiger partial charge in [0.15, 0.2) is 0 Å². The van der Waals surface area contributed by atoms with Crippen LogP contribution in [0, 0.1) is 0 Å². The van der Waals surface area contributed by atoms with Gasteiger partial charge < -0.3 is 10.8 Å². The fourth-order valence-electron chi connectivity index (χ4n) is 2.09. The van der Waals surface area contributed by atoms with Gasteiger partial charge in [-0.15, -0.1) is 0 Å². The number of benzene rings is 1. The van der Waals surface area contributed by atoms with Crippen molar-refractivity contribution in [1.82, 2.24) is 4.31 Å². The zero-order valence-corrected chi connectivity index (χ0v) is 10.4. The van der Waals surface area contributed by atoms with Crippen LogP contribution in [-0.4, -0.2) is 36.3 Å². The molecule has 1 heterocycles. The highest BCUT2D eigenvalue weighted by atomic mass is 32.2. The molecule has 3 N–H and O–H groups in total. The van der Waals surface area contributed by atoms with Gasteiger partial charge in [-0.1, -0.05) is 6.07 Å². The molecule has 0 spiro atoms. The van der Waals surface area contributed by atoms with Crippen LogP contribution in [0.3, 0.4) is 0 Å². The predicted octanol–water partition coefficient (Wildman–Crippen LogP) is 0.0306. The molecule has 0 radical (unpaired) electrons. The minimum atomic E-state index is -3.78. The molecule has 1 atom stereocenters. The van der Waals surface area contributed by atoms with Gasteiger partial charge >= 0.3 is 0 Å². The number of nitrogens with zero attached hydrogens (tertiary/aromatic N) is 1. The number of carbonyl (C=O) groups excluding carboxylic acids is 1. The molecule has 1 amide bonds. The Morgan fingerprint density at radius 3 is 2.78 bits per heavy atom. The van der Waals surface area contributed by atoms with Gasteiger partial charge in [-0.3, -0.25) is 4.79 Å². The lowest BCUT2D eigenvalue weighted by Gasteiger charge is -2.21. The highest BCUT2D eigenvalue weighted by Crippen LogP contribution is 2.27. The van der Waals surface area contributed by atoms with E-state index in [1.54, 1.807) is 0 Å². The first-order valence-corrected chi connectivity index (χ1v) is 6.97. The van der Waals surface area contributed by atoms with E-state index in [0.717, 1.165) is 10.4 Å². The fraction of sp³-hybridized carbons (Fsp3) is 0.364. The highest BCUT2D eigenvalue weighted by molar-refractivity contribution is 7.89. The van der Waals surface area contributed by atoms with E-state index in [1.165, 1.54) is 18.2 Å². The Morgan fingerprint density at radius 1 is 1.44 bits per heavy atom. The van der Waals surface area contributed by atoms with Crippen LogP contribution >= 0.6 is 0 Å². The molecule has 0 saturated carbocycles. The average molecular weight is 270 g/mol. The number of phenols is 1. The Labute approximate surface area is 105 Å². The number of rotatable bonds is 3. The van der Waals surface area contributed by atoms with Crippen LogP contribution < -0.4 is 5.73 Å². The van der Waals surface area contributed by atoms with E-state index in [1.807, 2.05) is 0 Å². The normalized spacial score (nSPS) is 21.0. The summed E-state index contributed by atoms with van der Waals surface area (Å²) < 4.78 is 25.7. The van der Waals surface area contributed by atoms with Crippen molar-refractivity contribution in [1.29, 1.82) is 0 Å². The smallest absolute Gasteiger partial charge is 0.243 e. The molecule has 1 saturated heterocycles. The van der Waals surface area contributed by atoms with Gasteiger partial charge in [0, 0.05) is 6.54 Å². The topological polar surface area (TPSA) is 101 Å². The molecule has 1 unspecified atom stereocenters. The third-order valence-electron chi connectivity index (χ3n) is 2.96. The van der Waals surface area contributed by atoms with E-state index in [9.17, 15) is 18.3 Å². The molecule has 0 aromatic heterocycles. The summed E-state index contributed by atoms with van der Waals surface area (Å²) in [5.74, 6) is -0.776. The third kappa shape index (κ3) is 2.19. The molecular formula is C11H14N2O4S. The second-order valence-corrected chi connectivity index (χ2v) is 6.06. The van der Waals surface area contributed by atoms with Crippen molar-refractivity contribution in [3.63, 3.8) is 0 Å². The maximum atomic E-state index is 12.3. The summed E-state index contributed by atoms with van der Waals surface area (Å²) in [6.45, 7) is 0.269. The number of hydrogen-bond acceptors (Lipinski definition) is 4. The van der Waals surface area contributed by atoms with Crippen molar-refractivity contribution in [2.24, 2.45) is 5.73 Å². The summed E-state index contributed by atoms with van der Waals surface area (Å²) in [5.41, 5.74) is 5.20. The van der Waals surface area contributed by atoms with Crippen LogP contribution in [-0.2, 0) is 14.8 Å². The molecular weight excluding hydrogens is 256 g/mol. The van der Waals surface area contributed by atoms with Crippen LogP contribution in [0.5, 0.6) is 5.75 Å². The Balaban J connectivity index is 2.40. The maximum Gasteiger partial charge on any atom is 0.243 e. The number of hydrogen-bond donors (Lipinski definition) is 2. The Bertz CT molecular complexity index is 570. The fourth-order valence-corrected chi connectivity index (χ4v) is 3.80. The van der Waals surface area contributed by atoms with Crippen molar-refractivity contribution in [3.8, 4) is 5.75 Å². The lowest BCUT2D eigenvalue weighted by molar-refractivity contribution is -0.121. The third-order valence-corrected chi connectivity index (χ3v) is 4.86. The SMILES string of the molecule is NC(=O)C1CCCN1S(=O)(=O)c1cccc(O)c1. The number of amides is 1. The minimum Gasteiger partial charge on any atom is -0.508 e. The Hall–Kier alpha value is -1.60. The van der Waals surface area contributed by atoms with Crippen molar-refractivity contribution in [2.45, 2.75) is 23.8 Å². The van der Waals surface area contributed by atoms with Crippen molar-refractivity contribution >= 4 is 15.9 Å². The van der Waals surface area contributed by atoms with E-state index in [-0.39, 0.29) is 17.2 Å². The molecule has 1 fully saturated rings. The van der Waals surface area contributed by atoms with Gasteiger partial charge in [0.2, 0.25) is 15.9 Å². The number of sulfonamides is 1. The van der Waals surface area contributed by atoms with Crippen LogP contribution in [0.1, 0.15) is 12.8 Å². The van der Waals surface area contributed by atoms with Gasteiger partial charge in [0.25, 0.3) is 0 Å².